The Labute approximate surface area is 112 Å². The fourth-order valence-electron chi connectivity index (χ4n) is 2.51. The SMILES string of the molecule is Cc1cc(C(C)NCC(C)(C)CC(C)C)nn1C. The number of hydrogen-bond donors (Lipinski definition) is 1. The van der Waals surface area contributed by atoms with Gasteiger partial charge in [-0.05, 0) is 37.7 Å². The van der Waals surface area contributed by atoms with Crippen LogP contribution >= 0.6 is 0 Å². The Kier molecular flexibility index (Phi) is 4.97. The first-order valence-electron chi connectivity index (χ1n) is 6.95. The molecule has 1 unspecified atom stereocenters. The van der Waals surface area contributed by atoms with Crippen LogP contribution in [0.3, 0.4) is 0 Å². The highest BCUT2D eigenvalue weighted by Gasteiger charge is 2.21. The summed E-state index contributed by atoms with van der Waals surface area (Å²) in [5.41, 5.74) is 2.68. The van der Waals surface area contributed by atoms with E-state index in [9.17, 15) is 0 Å². The van der Waals surface area contributed by atoms with Crippen molar-refractivity contribution in [1.29, 1.82) is 0 Å². The molecule has 0 aromatic carbocycles. The van der Waals surface area contributed by atoms with Crippen LogP contribution in [0.5, 0.6) is 0 Å². The first-order chi connectivity index (χ1) is 8.21. The Balaban J connectivity index is 2.53. The molecule has 0 spiro atoms. The third kappa shape index (κ3) is 4.45. The minimum atomic E-state index is 0.316. The van der Waals surface area contributed by atoms with Gasteiger partial charge in [0.1, 0.15) is 0 Å². The quantitative estimate of drug-likeness (QED) is 0.839. The molecule has 1 rings (SSSR count). The van der Waals surface area contributed by atoms with Crippen molar-refractivity contribution < 1.29 is 0 Å². The van der Waals surface area contributed by atoms with E-state index in [0.29, 0.717) is 11.5 Å². The Morgan fingerprint density at radius 2 is 1.94 bits per heavy atom. The maximum atomic E-state index is 4.53. The molecular weight excluding hydrogens is 222 g/mol. The molecule has 0 fully saturated rings. The molecule has 18 heavy (non-hydrogen) atoms. The summed E-state index contributed by atoms with van der Waals surface area (Å²) >= 11 is 0. The normalized spacial score (nSPS) is 14.2. The van der Waals surface area contributed by atoms with Crippen molar-refractivity contribution in [3.8, 4) is 0 Å². The van der Waals surface area contributed by atoms with Gasteiger partial charge >= 0.3 is 0 Å². The molecule has 0 aliphatic rings. The van der Waals surface area contributed by atoms with Crippen LogP contribution in [0.2, 0.25) is 0 Å². The van der Waals surface area contributed by atoms with Gasteiger partial charge < -0.3 is 5.32 Å². The molecule has 0 radical (unpaired) electrons. The lowest BCUT2D eigenvalue weighted by Gasteiger charge is -2.28. The standard InChI is InChI=1S/C15H29N3/c1-11(2)9-15(5,6)10-16-13(4)14-8-12(3)18(7)17-14/h8,11,13,16H,9-10H2,1-7H3. The van der Waals surface area contributed by atoms with E-state index < -0.39 is 0 Å². The van der Waals surface area contributed by atoms with Crippen LogP contribution in [0.15, 0.2) is 6.07 Å². The lowest BCUT2D eigenvalue weighted by molar-refractivity contribution is 0.263. The molecular formula is C15H29N3. The maximum absolute atomic E-state index is 4.53. The highest BCUT2D eigenvalue weighted by molar-refractivity contribution is 5.11. The molecule has 1 aromatic rings. The smallest absolute Gasteiger partial charge is 0.0793 e. The summed E-state index contributed by atoms with van der Waals surface area (Å²) in [7, 11) is 1.99. The summed E-state index contributed by atoms with van der Waals surface area (Å²) in [5, 5.41) is 8.14. The average Bonchev–Trinajstić information content (AvgIpc) is 2.54. The molecule has 0 saturated heterocycles. The molecule has 104 valence electrons. The zero-order valence-electron chi connectivity index (χ0n) is 13.0. The second kappa shape index (κ2) is 5.87. The molecule has 1 N–H and O–H groups in total. The van der Waals surface area contributed by atoms with E-state index in [-0.39, 0.29) is 0 Å². The molecule has 0 amide bonds. The van der Waals surface area contributed by atoms with E-state index >= 15 is 0 Å². The van der Waals surface area contributed by atoms with Gasteiger partial charge in [-0.2, -0.15) is 5.10 Å². The molecule has 1 aromatic heterocycles. The van der Waals surface area contributed by atoms with Crippen LogP contribution in [0.4, 0.5) is 0 Å². The van der Waals surface area contributed by atoms with E-state index in [1.165, 1.54) is 12.1 Å². The van der Waals surface area contributed by atoms with E-state index in [2.05, 4.69) is 58.0 Å². The number of nitrogens with one attached hydrogen (secondary N) is 1. The lowest BCUT2D eigenvalue weighted by Crippen LogP contribution is -2.32. The van der Waals surface area contributed by atoms with E-state index in [1.807, 2.05) is 11.7 Å². The number of nitrogens with zero attached hydrogens (tertiary/aromatic N) is 2. The van der Waals surface area contributed by atoms with Crippen molar-refractivity contribution in [1.82, 2.24) is 15.1 Å². The summed E-state index contributed by atoms with van der Waals surface area (Å²) in [6.07, 6.45) is 1.24. The molecule has 0 bridgehead atoms. The zero-order valence-corrected chi connectivity index (χ0v) is 13.0. The topological polar surface area (TPSA) is 29.9 Å². The largest absolute Gasteiger partial charge is 0.308 e. The van der Waals surface area contributed by atoms with Gasteiger partial charge in [-0.25, -0.2) is 0 Å². The summed E-state index contributed by atoms with van der Waals surface area (Å²) in [5.74, 6) is 0.745. The minimum absolute atomic E-state index is 0.316. The fourth-order valence-corrected chi connectivity index (χ4v) is 2.51. The predicted molar refractivity (Wildman–Crippen MR) is 77.6 cm³/mol. The molecule has 0 aliphatic heterocycles. The molecule has 3 nitrogen and oxygen atoms in total. The van der Waals surface area contributed by atoms with Gasteiger partial charge in [-0.15, -0.1) is 0 Å². The van der Waals surface area contributed by atoms with Crippen molar-refractivity contribution in [3.63, 3.8) is 0 Å². The van der Waals surface area contributed by atoms with Gasteiger partial charge in [-0.1, -0.05) is 27.7 Å². The minimum Gasteiger partial charge on any atom is -0.308 e. The number of rotatable bonds is 6. The molecule has 0 aliphatic carbocycles. The van der Waals surface area contributed by atoms with Crippen molar-refractivity contribution in [2.45, 2.75) is 54.0 Å². The van der Waals surface area contributed by atoms with Crippen LogP contribution in [0.1, 0.15) is 58.5 Å². The number of hydrogen-bond acceptors (Lipinski definition) is 2. The summed E-state index contributed by atoms with van der Waals surface area (Å²) in [4.78, 5) is 0. The van der Waals surface area contributed by atoms with Crippen LogP contribution in [-0.2, 0) is 7.05 Å². The van der Waals surface area contributed by atoms with E-state index in [1.54, 1.807) is 0 Å². The van der Waals surface area contributed by atoms with Gasteiger partial charge in [0.2, 0.25) is 0 Å². The average molecular weight is 251 g/mol. The Bertz CT molecular complexity index is 358. The summed E-state index contributed by atoms with van der Waals surface area (Å²) in [6.45, 7) is 14.5. The summed E-state index contributed by atoms with van der Waals surface area (Å²) < 4.78 is 1.94. The fraction of sp³-hybridized carbons (Fsp3) is 0.800. The monoisotopic (exact) mass is 251 g/mol. The van der Waals surface area contributed by atoms with Gasteiger partial charge in [0.25, 0.3) is 0 Å². The lowest BCUT2D eigenvalue weighted by atomic mass is 9.84. The van der Waals surface area contributed by atoms with Crippen molar-refractivity contribution in [2.75, 3.05) is 6.54 Å². The molecule has 1 heterocycles. The summed E-state index contributed by atoms with van der Waals surface area (Å²) in [6, 6.07) is 2.48. The second-order valence-electron chi connectivity index (χ2n) is 6.70. The third-order valence-corrected chi connectivity index (χ3v) is 3.42. The van der Waals surface area contributed by atoms with Gasteiger partial charge in [0.05, 0.1) is 5.69 Å². The van der Waals surface area contributed by atoms with Crippen LogP contribution in [0, 0.1) is 18.3 Å². The predicted octanol–water partition coefficient (Wildman–Crippen LogP) is 3.45. The van der Waals surface area contributed by atoms with E-state index in [0.717, 1.165) is 18.2 Å². The highest BCUT2D eigenvalue weighted by Crippen LogP contribution is 2.25. The molecule has 1 atom stereocenters. The van der Waals surface area contributed by atoms with Crippen molar-refractivity contribution in [2.24, 2.45) is 18.4 Å². The first kappa shape index (κ1) is 15.2. The number of aromatic nitrogens is 2. The highest BCUT2D eigenvalue weighted by atomic mass is 15.3. The van der Waals surface area contributed by atoms with Gasteiger partial charge in [0, 0.05) is 25.3 Å². The Hall–Kier alpha value is -0.830. The van der Waals surface area contributed by atoms with Crippen molar-refractivity contribution in [3.05, 3.63) is 17.5 Å². The Morgan fingerprint density at radius 1 is 1.33 bits per heavy atom. The van der Waals surface area contributed by atoms with Crippen LogP contribution in [0.25, 0.3) is 0 Å². The second-order valence-corrected chi connectivity index (χ2v) is 6.70. The van der Waals surface area contributed by atoms with Gasteiger partial charge in [0.15, 0.2) is 0 Å². The number of aryl methyl sites for hydroxylation is 2. The zero-order chi connectivity index (χ0) is 13.9. The maximum Gasteiger partial charge on any atom is 0.0793 e. The molecule has 3 heteroatoms. The third-order valence-electron chi connectivity index (χ3n) is 3.42. The van der Waals surface area contributed by atoms with E-state index in [4.69, 9.17) is 0 Å². The van der Waals surface area contributed by atoms with Crippen LogP contribution in [-0.4, -0.2) is 16.3 Å². The Morgan fingerprint density at radius 3 is 2.39 bits per heavy atom. The first-order valence-corrected chi connectivity index (χ1v) is 6.95. The van der Waals surface area contributed by atoms with Crippen LogP contribution < -0.4 is 5.32 Å². The molecule has 0 saturated carbocycles. The van der Waals surface area contributed by atoms with Gasteiger partial charge in [-0.3, -0.25) is 4.68 Å². The van der Waals surface area contributed by atoms with Crippen molar-refractivity contribution >= 4 is 0 Å².